The van der Waals surface area contributed by atoms with Gasteiger partial charge in [0, 0.05) is 6.54 Å². The van der Waals surface area contributed by atoms with Gasteiger partial charge < -0.3 is 10.1 Å². The number of hydrogen-bond acceptors (Lipinski definition) is 5. The number of amides is 1. The van der Waals surface area contributed by atoms with Gasteiger partial charge in [0.15, 0.2) is 6.61 Å². The van der Waals surface area contributed by atoms with Crippen LogP contribution in [0.25, 0.3) is 10.9 Å². The minimum absolute atomic E-state index is 0.142. The minimum Gasteiger partial charge on any atom is -0.454 e. The molecule has 3 rings (SSSR count). The lowest BCUT2D eigenvalue weighted by Gasteiger charge is -2.13. The fraction of sp³-hybridized carbons (Fsp3) is 0.238. The lowest BCUT2D eigenvalue weighted by molar-refractivity contribution is -0.149. The van der Waals surface area contributed by atoms with Gasteiger partial charge in [0.2, 0.25) is 0 Å². The third kappa shape index (κ3) is 4.82. The molecule has 0 saturated heterocycles. The van der Waals surface area contributed by atoms with E-state index in [1.165, 1.54) is 10.9 Å². The molecule has 1 atom stereocenters. The highest BCUT2D eigenvalue weighted by atomic mass is 16.5. The quantitative estimate of drug-likeness (QED) is 0.633. The van der Waals surface area contributed by atoms with Crippen molar-refractivity contribution in [3.8, 4) is 0 Å². The number of para-hydroxylation sites is 1. The SMILES string of the molecule is C[C@@H](CNC(=O)COC(=O)Cn1cnc2ccccc2c1=O)c1ccccc1. The Kier molecular flexibility index (Phi) is 6.16. The Hall–Kier alpha value is -3.48. The number of fused-ring (bicyclic) bond motifs is 1. The summed E-state index contributed by atoms with van der Waals surface area (Å²) in [4.78, 5) is 40.4. The maximum atomic E-state index is 12.4. The van der Waals surface area contributed by atoms with E-state index in [1.54, 1.807) is 24.3 Å². The van der Waals surface area contributed by atoms with Gasteiger partial charge >= 0.3 is 5.97 Å². The molecule has 0 saturated carbocycles. The molecule has 0 aliphatic heterocycles. The number of hydrogen-bond donors (Lipinski definition) is 1. The molecule has 0 radical (unpaired) electrons. The first-order valence-corrected chi connectivity index (χ1v) is 8.96. The molecule has 1 N–H and O–H groups in total. The van der Waals surface area contributed by atoms with Gasteiger partial charge in [-0.2, -0.15) is 0 Å². The van der Waals surface area contributed by atoms with Crippen molar-refractivity contribution in [1.29, 1.82) is 0 Å². The van der Waals surface area contributed by atoms with Crippen LogP contribution in [0, 0.1) is 0 Å². The molecule has 0 bridgehead atoms. The molecule has 0 unspecified atom stereocenters. The van der Waals surface area contributed by atoms with E-state index in [9.17, 15) is 14.4 Å². The normalized spacial score (nSPS) is 11.8. The van der Waals surface area contributed by atoms with Crippen LogP contribution in [0.4, 0.5) is 0 Å². The lowest BCUT2D eigenvalue weighted by Crippen LogP contribution is -2.33. The maximum Gasteiger partial charge on any atom is 0.326 e. The third-order valence-electron chi connectivity index (χ3n) is 4.37. The summed E-state index contributed by atoms with van der Waals surface area (Å²) >= 11 is 0. The number of carbonyl (C=O) groups is 2. The van der Waals surface area contributed by atoms with E-state index in [1.807, 2.05) is 37.3 Å². The molecule has 7 nitrogen and oxygen atoms in total. The molecule has 1 heterocycles. The van der Waals surface area contributed by atoms with Crippen molar-refractivity contribution in [1.82, 2.24) is 14.9 Å². The Labute approximate surface area is 162 Å². The van der Waals surface area contributed by atoms with Crippen molar-refractivity contribution < 1.29 is 14.3 Å². The number of aromatic nitrogens is 2. The Bertz CT molecular complexity index is 1030. The monoisotopic (exact) mass is 379 g/mol. The Morgan fingerprint density at radius 3 is 2.61 bits per heavy atom. The van der Waals surface area contributed by atoms with Crippen LogP contribution in [0.2, 0.25) is 0 Å². The second-order valence-corrected chi connectivity index (χ2v) is 6.47. The Balaban J connectivity index is 1.48. The molecule has 0 aliphatic carbocycles. The molecular weight excluding hydrogens is 358 g/mol. The molecule has 0 spiro atoms. The van der Waals surface area contributed by atoms with Gasteiger partial charge in [-0.25, -0.2) is 4.98 Å². The highest BCUT2D eigenvalue weighted by Crippen LogP contribution is 2.12. The standard InChI is InChI=1S/C21H21N3O4/c1-15(16-7-3-2-4-8-16)11-22-19(25)13-28-20(26)12-24-14-23-18-10-6-5-9-17(18)21(24)27/h2-10,14-15H,11-13H2,1H3,(H,22,25)/t15-/m0/s1. The van der Waals surface area contributed by atoms with Crippen LogP contribution >= 0.6 is 0 Å². The van der Waals surface area contributed by atoms with Gasteiger partial charge in [-0.05, 0) is 23.6 Å². The maximum absolute atomic E-state index is 12.4. The zero-order chi connectivity index (χ0) is 19.9. The number of rotatable bonds is 7. The van der Waals surface area contributed by atoms with E-state index >= 15 is 0 Å². The van der Waals surface area contributed by atoms with Crippen LogP contribution in [0.5, 0.6) is 0 Å². The second kappa shape index (κ2) is 8.94. The van der Waals surface area contributed by atoms with Gasteiger partial charge in [0.1, 0.15) is 6.54 Å². The fourth-order valence-electron chi connectivity index (χ4n) is 2.77. The van der Waals surface area contributed by atoms with Gasteiger partial charge in [0.05, 0.1) is 17.2 Å². The Morgan fingerprint density at radius 2 is 1.82 bits per heavy atom. The van der Waals surface area contributed by atoms with Crippen molar-refractivity contribution in [2.45, 2.75) is 19.4 Å². The largest absolute Gasteiger partial charge is 0.454 e. The first kappa shape index (κ1) is 19.3. The average Bonchev–Trinajstić information content (AvgIpc) is 2.73. The molecule has 144 valence electrons. The van der Waals surface area contributed by atoms with Crippen LogP contribution in [-0.2, 0) is 20.9 Å². The second-order valence-electron chi connectivity index (χ2n) is 6.47. The first-order valence-electron chi connectivity index (χ1n) is 8.96. The number of ether oxygens (including phenoxy) is 1. The topological polar surface area (TPSA) is 90.3 Å². The zero-order valence-electron chi connectivity index (χ0n) is 15.5. The molecule has 2 aromatic carbocycles. The molecule has 0 fully saturated rings. The Morgan fingerprint density at radius 1 is 1.11 bits per heavy atom. The molecule has 28 heavy (non-hydrogen) atoms. The minimum atomic E-state index is -0.676. The van der Waals surface area contributed by atoms with Gasteiger partial charge in [-0.15, -0.1) is 0 Å². The summed E-state index contributed by atoms with van der Waals surface area (Å²) in [5.41, 5.74) is 1.34. The van der Waals surface area contributed by atoms with E-state index in [0.717, 1.165) is 5.56 Å². The average molecular weight is 379 g/mol. The van der Waals surface area contributed by atoms with Crippen molar-refractivity contribution >= 4 is 22.8 Å². The number of nitrogens with one attached hydrogen (secondary N) is 1. The molecule has 1 amide bonds. The van der Waals surface area contributed by atoms with E-state index < -0.39 is 12.6 Å². The highest BCUT2D eigenvalue weighted by molar-refractivity contribution is 5.81. The molecule has 1 aromatic heterocycles. The predicted octanol–water partition coefficient (Wildman–Crippen LogP) is 1.86. The third-order valence-corrected chi connectivity index (χ3v) is 4.37. The number of carbonyl (C=O) groups excluding carboxylic acids is 2. The van der Waals surface area contributed by atoms with E-state index in [-0.39, 0.29) is 23.9 Å². The van der Waals surface area contributed by atoms with E-state index in [4.69, 9.17) is 4.74 Å². The number of esters is 1. The van der Waals surface area contributed by atoms with Gasteiger partial charge in [-0.3, -0.25) is 19.0 Å². The van der Waals surface area contributed by atoms with Crippen molar-refractivity contribution in [2.75, 3.05) is 13.2 Å². The summed E-state index contributed by atoms with van der Waals surface area (Å²) in [6.45, 7) is 1.75. The summed E-state index contributed by atoms with van der Waals surface area (Å²) in [6, 6.07) is 16.7. The van der Waals surface area contributed by atoms with Crippen LogP contribution in [-0.4, -0.2) is 34.6 Å². The smallest absolute Gasteiger partial charge is 0.326 e. The van der Waals surface area contributed by atoms with E-state index in [2.05, 4.69) is 10.3 Å². The number of nitrogens with zero attached hydrogens (tertiary/aromatic N) is 2. The van der Waals surface area contributed by atoms with Crippen LogP contribution < -0.4 is 10.9 Å². The molecule has 0 aliphatic rings. The zero-order valence-corrected chi connectivity index (χ0v) is 15.5. The van der Waals surface area contributed by atoms with Crippen LogP contribution in [0.1, 0.15) is 18.4 Å². The van der Waals surface area contributed by atoms with Gasteiger partial charge in [-0.1, -0.05) is 49.4 Å². The first-order chi connectivity index (χ1) is 13.5. The predicted molar refractivity (Wildman–Crippen MR) is 105 cm³/mol. The van der Waals surface area contributed by atoms with Crippen LogP contribution in [0.15, 0.2) is 65.7 Å². The molecule has 3 aromatic rings. The van der Waals surface area contributed by atoms with Crippen molar-refractivity contribution in [3.63, 3.8) is 0 Å². The van der Waals surface area contributed by atoms with E-state index in [0.29, 0.717) is 17.4 Å². The summed E-state index contributed by atoms with van der Waals surface area (Å²) in [6.07, 6.45) is 1.30. The van der Waals surface area contributed by atoms with Crippen LogP contribution in [0.3, 0.4) is 0 Å². The summed E-state index contributed by atoms with van der Waals surface area (Å²) in [7, 11) is 0. The highest BCUT2D eigenvalue weighted by Gasteiger charge is 2.12. The fourth-order valence-corrected chi connectivity index (χ4v) is 2.77. The van der Waals surface area contributed by atoms with Gasteiger partial charge in [0.25, 0.3) is 11.5 Å². The summed E-state index contributed by atoms with van der Waals surface area (Å²) in [5, 5.41) is 3.16. The lowest BCUT2D eigenvalue weighted by atomic mass is 10.0. The van der Waals surface area contributed by atoms with Crippen molar-refractivity contribution in [3.05, 3.63) is 76.8 Å². The summed E-state index contributed by atoms with van der Waals surface area (Å²) in [5.74, 6) is -0.923. The molecule has 7 heteroatoms. The number of benzene rings is 2. The summed E-state index contributed by atoms with van der Waals surface area (Å²) < 4.78 is 6.14. The van der Waals surface area contributed by atoms with Crippen molar-refractivity contribution in [2.24, 2.45) is 0 Å². The molecular formula is C21H21N3O4.